The first-order valence-electron chi connectivity index (χ1n) is 6.76. The summed E-state index contributed by atoms with van der Waals surface area (Å²) in [5.41, 5.74) is 11.5. The van der Waals surface area contributed by atoms with Gasteiger partial charge in [0.15, 0.2) is 0 Å². The minimum Gasteiger partial charge on any atom is -0.389 e. The Bertz CT molecular complexity index is 620. The fourth-order valence-electron chi connectivity index (χ4n) is 2.23. The SMILES string of the molecule is Cc1cccc(CCNc2ccc(C)cc2C(N)=S)c1. The van der Waals surface area contributed by atoms with E-state index in [9.17, 15) is 0 Å². The van der Waals surface area contributed by atoms with Crippen LogP contribution < -0.4 is 11.1 Å². The molecule has 104 valence electrons. The monoisotopic (exact) mass is 284 g/mol. The smallest absolute Gasteiger partial charge is 0.106 e. The first-order chi connectivity index (χ1) is 9.56. The topological polar surface area (TPSA) is 38.0 Å². The summed E-state index contributed by atoms with van der Waals surface area (Å²) in [5.74, 6) is 0. The van der Waals surface area contributed by atoms with Crippen LogP contribution in [0.4, 0.5) is 5.69 Å². The van der Waals surface area contributed by atoms with Gasteiger partial charge in [-0.3, -0.25) is 0 Å². The second-order valence-corrected chi connectivity index (χ2v) is 5.52. The van der Waals surface area contributed by atoms with Crippen LogP contribution in [-0.4, -0.2) is 11.5 Å². The van der Waals surface area contributed by atoms with Gasteiger partial charge in [0.25, 0.3) is 0 Å². The summed E-state index contributed by atoms with van der Waals surface area (Å²) < 4.78 is 0. The maximum atomic E-state index is 5.78. The highest BCUT2D eigenvalue weighted by Crippen LogP contribution is 2.17. The van der Waals surface area contributed by atoms with Crippen LogP contribution in [-0.2, 0) is 6.42 Å². The number of thiocarbonyl (C=S) groups is 1. The molecule has 0 heterocycles. The van der Waals surface area contributed by atoms with Crippen LogP contribution in [0.5, 0.6) is 0 Å². The van der Waals surface area contributed by atoms with E-state index in [0.29, 0.717) is 4.99 Å². The summed E-state index contributed by atoms with van der Waals surface area (Å²) >= 11 is 5.11. The molecule has 0 amide bonds. The molecule has 0 aliphatic carbocycles. The minimum absolute atomic E-state index is 0.437. The standard InChI is InChI=1S/C17H20N2S/c1-12-4-3-5-14(10-12)8-9-19-16-7-6-13(2)11-15(16)17(18)20/h3-7,10-11,19H,8-9H2,1-2H3,(H2,18,20). The Kier molecular flexibility index (Phi) is 4.74. The molecule has 0 bridgehead atoms. The number of nitrogens with one attached hydrogen (secondary N) is 1. The van der Waals surface area contributed by atoms with Gasteiger partial charge < -0.3 is 11.1 Å². The molecule has 0 radical (unpaired) electrons. The Balaban J connectivity index is 2.02. The van der Waals surface area contributed by atoms with Gasteiger partial charge in [0, 0.05) is 17.8 Å². The van der Waals surface area contributed by atoms with Crippen LogP contribution in [0.2, 0.25) is 0 Å². The predicted octanol–water partition coefficient (Wildman–Crippen LogP) is 3.59. The van der Waals surface area contributed by atoms with Gasteiger partial charge in [0.2, 0.25) is 0 Å². The molecular weight excluding hydrogens is 264 g/mol. The fourth-order valence-corrected chi connectivity index (χ4v) is 2.39. The van der Waals surface area contributed by atoms with Gasteiger partial charge in [-0.25, -0.2) is 0 Å². The highest BCUT2D eigenvalue weighted by Gasteiger charge is 2.05. The molecule has 20 heavy (non-hydrogen) atoms. The van der Waals surface area contributed by atoms with Crippen molar-refractivity contribution < 1.29 is 0 Å². The number of aryl methyl sites for hydroxylation is 2. The zero-order valence-corrected chi connectivity index (χ0v) is 12.8. The van der Waals surface area contributed by atoms with Crippen molar-refractivity contribution >= 4 is 22.9 Å². The van der Waals surface area contributed by atoms with E-state index in [1.54, 1.807) is 0 Å². The van der Waals surface area contributed by atoms with Crippen LogP contribution in [0.3, 0.4) is 0 Å². The zero-order chi connectivity index (χ0) is 14.5. The first-order valence-corrected chi connectivity index (χ1v) is 7.17. The lowest BCUT2D eigenvalue weighted by Crippen LogP contribution is -2.14. The predicted molar refractivity (Wildman–Crippen MR) is 90.4 cm³/mol. The van der Waals surface area contributed by atoms with E-state index in [4.69, 9.17) is 18.0 Å². The fraction of sp³-hybridized carbons (Fsp3) is 0.235. The van der Waals surface area contributed by atoms with Crippen LogP contribution in [0.15, 0.2) is 42.5 Å². The summed E-state index contributed by atoms with van der Waals surface area (Å²) in [6, 6.07) is 14.7. The van der Waals surface area contributed by atoms with Crippen molar-refractivity contribution in [2.24, 2.45) is 5.73 Å². The third-order valence-electron chi connectivity index (χ3n) is 3.25. The van der Waals surface area contributed by atoms with E-state index in [1.165, 1.54) is 11.1 Å². The molecule has 3 N–H and O–H groups in total. The van der Waals surface area contributed by atoms with Crippen molar-refractivity contribution in [1.29, 1.82) is 0 Å². The molecule has 0 spiro atoms. The van der Waals surface area contributed by atoms with Crippen molar-refractivity contribution in [2.45, 2.75) is 20.3 Å². The van der Waals surface area contributed by atoms with Crippen molar-refractivity contribution in [3.63, 3.8) is 0 Å². The Hall–Kier alpha value is -1.87. The third-order valence-corrected chi connectivity index (χ3v) is 3.47. The molecule has 0 saturated heterocycles. The number of hydrogen-bond donors (Lipinski definition) is 2. The highest BCUT2D eigenvalue weighted by molar-refractivity contribution is 7.80. The van der Waals surface area contributed by atoms with E-state index in [2.05, 4.69) is 42.6 Å². The summed E-state index contributed by atoms with van der Waals surface area (Å²) in [6.45, 7) is 5.02. The number of nitrogens with two attached hydrogens (primary N) is 1. The minimum atomic E-state index is 0.437. The summed E-state index contributed by atoms with van der Waals surface area (Å²) in [6.07, 6.45) is 0.979. The number of anilines is 1. The van der Waals surface area contributed by atoms with Crippen LogP contribution in [0, 0.1) is 13.8 Å². The molecule has 2 rings (SSSR count). The molecule has 2 aromatic rings. The molecule has 2 nitrogen and oxygen atoms in total. The number of hydrogen-bond acceptors (Lipinski definition) is 2. The third kappa shape index (κ3) is 3.81. The van der Waals surface area contributed by atoms with Gasteiger partial charge in [0.1, 0.15) is 4.99 Å². The van der Waals surface area contributed by atoms with Gasteiger partial charge >= 0.3 is 0 Å². The Morgan fingerprint density at radius 1 is 1.10 bits per heavy atom. The first kappa shape index (κ1) is 14.5. The number of benzene rings is 2. The van der Waals surface area contributed by atoms with Crippen molar-refractivity contribution in [1.82, 2.24) is 0 Å². The molecule has 0 saturated carbocycles. The van der Waals surface area contributed by atoms with E-state index >= 15 is 0 Å². The van der Waals surface area contributed by atoms with Gasteiger partial charge in [-0.1, -0.05) is 53.7 Å². The maximum absolute atomic E-state index is 5.78. The molecule has 0 aliphatic heterocycles. The largest absolute Gasteiger partial charge is 0.389 e. The molecule has 0 atom stereocenters. The molecule has 0 aliphatic rings. The van der Waals surface area contributed by atoms with Gasteiger partial charge in [-0.15, -0.1) is 0 Å². The van der Waals surface area contributed by atoms with Crippen LogP contribution in [0.25, 0.3) is 0 Å². The summed E-state index contributed by atoms with van der Waals surface area (Å²) in [7, 11) is 0. The highest BCUT2D eigenvalue weighted by atomic mass is 32.1. The molecule has 0 aromatic heterocycles. The summed E-state index contributed by atoms with van der Waals surface area (Å²) in [5, 5.41) is 3.42. The van der Waals surface area contributed by atoms with Gasteiger partial charge in [-0.2, -0.15) is 0 Å². The molecule has 2 aromatic carbocycles. The Morgan fingerprint density at radius 3 is 2.55 bits per heavy atom. The normalized spacial score (nSPS) is 10.3. The Morgan fingerprint density at radius 2 is 1.85 bits per heavy atom. The van der Waals surface area contributed by atoms with E-state index in [1.807, 2.05) is 19.1 Å². The number of rotatable bonds is 5. The molecule has 3 heteroatoms. The van der Waals surface area contributed by atoms with E-state index in [0.717, 1.165) is 29.8 Å². The lowest BCUT2D eigenvalue weighted by molar-refractivity contribution is 1.02. The van der Waals surface area contributed by atoms with Crippen molar-refractivity contribution in [3.8, 4) is 0 Å². The molecule has 0 unspecified atom stereocenters. The zero-order valence-electron chi connectivity index (χ0n) is 11.9. The van der Waals surface area contributed by atoms with E-state index < -0.39 is 0 Å². The lowest BCUT2D eigenvalue weighted by atomic mass is 10.1. The lowest BCUT2D eigenvalue weighted by Gasteiger charge is -2.12. The van der Waals surface area contributed by atoms with Crippen LogP contribution >= 0.6 is 12.2 Å². The quantitative estimate of drug-likeness (QED) is 0.824. The second-order valence-electron chi connectivity index (χ2n) is 5.08. The van der Waals surface area contributed by atoms with E-state index in [-0.39, 0.29) is 0 Å². The van der Waals surface area contributed by atoms with Crippen LogP contribution in [0.1, 0.15) is 22.3 Å². The maximum Gasteiger partial charge on any atom is 0.106 e. The molecular formula is C17H20N2S. The second kappa shape index (κ2) is 6.53. The Labute approximate surface area is 126 Å². The van der Waals surface area contributed by atoms with Gasteiger partial charge in [-0.05, 0) is 38.0 Å². The molecule has 0 fully saturated rings. The van der Waals surface area contributed by atoms with Crippen molar-refractivity contribution in [3.05, 3.63) is 64.7 Å². The van der Waals surface area contributed by atoms with Crippen molar-refractivity contribution in [2.75, 3.05) is 11.9 Å². The average Bonchev–Trinajstić information content (AvgIpc) is 2.40. The van der Waals surface area contributed by atoms with Gasteiger partial charge in [0.05, 0.1) is 0 Å². The average molecular weight is 284 g/mol. The summed E-state index contributed by atoms with van der Waals surface area (Å²) in [4.78, 5) is 0.437.